The van der Waals surface area contributed by atoms with Crippen LogP contribution in [0.1, 0.15) is 25.0 Å². The zero-order valence-corrected chi connectivity index (χ0v) is 23.1. The van der Waals surface area contributed by atoms with E-state index in [1.807, 2.05) is 37.4 Å². The van der Waals surface area contributed by atoms with Crippen LogP contribution in [0.15, 0.2) is 79.0 Å². The van der Waals surface area contributed by atoms with Gasteiger partial charge >= 0.3 is 0 Å². The molecule has 196 valence electrons. The number of hydrogen-bond donors (Lipinski definition) is 4. The van der Waals surface area contributed by atoms with Crippen LogP contribution in [0.3, 0.4) is 0 Å². The number of benzene rings is 3. The summed E-state index contributed by atoms with van der Waals surface area (Å²) >= 11 is 0. The molecule has 4 rings (SSSR count). The molecule has 1 heterocycles. The van der Waals surface area contributed by atoms with Crippen molar-refractivity contribution in [3.63, 3.8) is 0 Å². The maximum Gasteiger partial charge on any atom is 0.230 e. The lowest BCUT2D eigenvalue weighted by molar-refractivity contribution is -0.115. The van der Waals surface area contributed by atoms with Crippen LogP contribution in [0.2, 0.25) is 18.1 Å². The summed E-state index contributed by atoms with van der Waals surface area (Å²) in [6, 6.07) is 21.2. The van der Waals surface area contributed by atoms with Crippen LogP contribution < -0.4 is 5.32 Å². The first-order chi connectivity index (χ1) is 17.9. The standard InChI is InChI=1S/C30H33N3O4Si/c1-30(2,38(3,4)37)18-21-5-9-23(10-6-21)28-29(33-27(36)17-20-7-13-24(34)14-8-20)31-19-26(32-28)22-11-15-25(35)16-12-22/h5-16,19,34-35,37H,17-18H2,1-4H3,(H,31,33,36). The number of aromatic nitrogens is 2. The number of carbonyl (C=O) groups excluding carboxylic acids is 1. The normalized spacial score (nSPS) is 11.8. The summed E-state index contributed by atoms with van der Waals surface area (Å²) in [5.41, 5.74) is 4.58. The smallest absolute Gasteiger partial charge is 0.230 e. The fourth-order valence-corrected chi connectivity index (χ4v) is 4.57. The maximum atomic E-state index is 12.9. The number of nitrogens with zero attached hydrogens (tertiary/aromatic N) is 2. The molecule has 0 radical (unpaired) electrons. The van der Waals surface area contributed by atoms with Gasteiger partial charge in [0.15, 0.2) is 14.1 Å². The number of phenols is 2. The second-order valence-electron chi connectivity index (χ2n) is 10.7. The van der Waals surface area contributed by atoms with Crippen LogP contribution in [0, 0.1) is 0 Å². The van der Waals surface area contributed by atoms with E-state index >= 15 is 0 Å². The molecule has 1 amide bonds. The van der Waals surface area contributed by atoms with Crippen molar-refractivity contribution in [1.82, 2.24) is 9.97 Å². The quantitative estimate of drug-likeness (QED) is 0.211. The molecule has 0 saturated carbocycles. The van der Waals surface area contributed by atoms with Crippen molar-refractivity contribution in [2.75, 3.05) is 5.32 Å². The Labute approximate surface area is 224 Å². The Bertz CT molecular complexity index is 1410. The van der Waals surface area contributed by atoms with Gasteiger partial charge in [-0.2, -0.15) is 0 Å². The summed E-state index contributed by atoms with van der Waals surface area (Å²) in [5, 5.41) is 21.9. The molecule has 0 fully saturated rings. The van der Waals surface area contributed by atoms with Crippen LogP contribution in [0.25, 0.3) is 22.5 Å². The van der Waals surface area contributed by atoms with E-state index in [2.05, 4.69) is 24.1 Å². The van der Waals surface area contributed by atoms with Gasteiger partial charge in [0.2, 0.25) is 5.91 Å². The third-order valence-corrected chi connectivity index (χ3v) is 10.5. The Hall–Kier alpha value is -4.01. The second kappa shape index (κ2) is 10.8. The molecule has 8 heteroatoms. The Morgan fingerprint density at radius 2 is 1.37 bits per heavy atom. The van der Waals surface area contributed by atoms with Gasteiger partial charge < -0.3 is 20.3 Å². The summed E-state index contributed by atoms with van der Waals surface area (Å²) in [6.07, 6.45) is 2.46. The topological polar surface area (TPSA) is 116 Å². The van der Waals surface area contributed by atoms with Crippen LogP contribution in [-0.2, 0) is 17.6 Å². The van der Waals surface area contributed by atoms with E-state index in [9.17, 15) is 19.8 Å². The van der Waals surface area contributed by atoms with Gasteiger partial charge in [-0.3, -0.25) is 4.79 Å². The molecule has 3 aromatic carbocycles. The minimum atomic E-state index is -2.36. The average molecular weight is 528 g/mol. The molecule has 1 aromatic heterocycles. The molecule has 0 bridgehead atoms. The summed E-state index contributed by atoms with van der Waals surface area (Å²) in [4.78, 5) is 32.9. The number of phenolic OH excluding ortho intramolecular Hbond substituents is 2. The molecule has 0 aliphatic carbocycles. The number of carbonyl (C=O) groups is 1. The molecule has 0 spiro atoms. The van der Waals surface area contributed by atoms with Gasteiger partial charge in [-0.1, -0.05) is 50.2 Å². The molecule has 0 aliphatic heterocycles. The van der Waals surface area contributed by atoms with E-state index in [1.165, 1.54) is 0 Å². The highest BCUT2D eigenvalue weighted by atomic mass is 28.4. The van der Waals surface area contributed by atoms with Crippen LogP contribution in [-0.4, -0.2) is 39.2 Å². The first-order valence-electron chi connectivity index (χ1n) is 12.5. The molecule has 38 heavy (non-hydrogen) atoms. The number of rotatable bonds is 8. The molecular formula is C30H33N3O4Si. The molecule has 7 nitrogen and oxygen atoms in total. The molecule has 0 aliphatic rings. The van der Waals surface area contributed by atoms with E-state index < -0.39 is 8.32 Å². The van der Waals surface area contributed by atoms with Crippen molar-refractivity contribution in [1.29, 1.82) is 0 Å². The second-order valence-corrected chi connectivity index (χ2v) is 15.2. The van der Waals surface area contributed by atoms with Crippen molar-refractivity contribution in [2.45, 2.75) is 44.8 Å². The van der Waals surface area contributed by atoms with Crippen molar-refractivity contribution < 1.29 is 19.8 Å². The summed E-state index contributed by atoms with van der Waals surface area (Å²) in [6.45, 7) is 8.11. The zero-order chi connectivity index (χ0) is 27.5. The third kappa shape index (κ3) is 6.45. The van der Waals surface area contributed by atoms with Crippen molar-refractivity contribution in [3.8, 4) is 34.0 Å². The van der Waals surface area contributed by atoms with Crippen molar-refractivity contribution in [2.24, 2.45) is 0 Å². The highest BCUT2D eigenvalue weighted by Gasteiger charge is 2.37. The Morgan fingerprint density at radius 1 is 0.842 bits per heavy atom. The molecule has 4 aromatic rings. The number of aromatic hydroxyl groups is 2. The fraction of sp³-hybridized carbons (Fsp3) is 0.233. The molecule has 0 saturated heterocycles. The van der Waals surface area contributed by atoms with Crippen molar-refractivity contribution >= 4 is 20.0 Å². The van der Waals surface area contributed by atoms with Gasteiger partial charge in [0.1, 0.15) is 17.2 Å². The minimum absolute atomic E-state index is 0.121. The maximum absolute atomic E-state index is 12.9. The summed E-state index contributed by atoms with van der Waals surface area (Å²) in [7, 11) is -2.36. The van der Waals surface area contributed by atoms with Crippen LogP contribution in [0.4, 0.5) is 5.82 Å². The van der Waals surface area contributed by atoms with E-state index in [1.54, 1.807) is 54.7 Å². The first-order valence-corrected chi connectivity index (χ1v) is 15.4. The van der Waals surface area contributed by atoms with Crippen LogP contribution >= 0.6 is 0 Å². The number of anilines is 1. The van der Waals surface area contributed by atoms with E-state index in [0.29, 0.717) is 17.2 Å². The largest absolute Gasteiger partial charge is 0.508 e. The predicted octanol–water partition coefficient (Wildman–Crippen LogP) is 5.92. The van der Waals surface area contributed by atoms with Gasteiger partial charge in [0.25, 0.3) is 0 Å². The predicted molar refractivity (Wildman–Crippen MR) is 152 cm³/mol. The highest BCUT2D eigenvalue weighted by molar-refractivity contribution is 6.72. The van der Waals surface area contributed by atoms with Gasteiger partial charge in [0.05, 0.1) is 18.3 Å². The Kier molecular flexibility index (Phi) is 7.66. The third-order valence-electron chi connectivity index (χ3n) is 7.02. The molecule has 0 unspecified atom stereocenters. The lowest BCUT2D eigenvalue weighted by atomic mass is 9.99. The average Bonchev–Trinajstić information content (AvgIpc) is 2.86. The monoisotopic (exact) mass is 527 g/mol. The van der Waals surface area contributed by atoms with E-state index in [0.717, 1.165) is 28.7 Å². The van der Waals surface area contributed by atoms with E-state index in [-0.39, 0.29) is 28.9 Å². The van der Waals surface area contributed by atoms with Crippen molar-refractivity contribution in [3.05, 3.63) is 90.1 Å². The zero-order valence-electron chi connectivity index (χ0n) is 22.1. The minimum Gasteiger partial charge on any atom is -0.508 e. The summed E-state index contributed by atoms with van der Waals surface area (Å²) in [5.74, 6) is 0.391. The number of hydrogen-bond acceptors (Lipinski definition) is 6. The van der Waals surface area contributed by atoms with E-state index in [4.69, 9.17) is 4.98 Å². The first kappa shape index (κ1) is 27.0. The summed E-state index contributed by atoms with van der Waals surface area (Å²) < 4.78 is 0. The Morgan fingerprint density at radius 3 is 1.95 bits per heavy atom. The van der Waals surface area contributed by atoms with Crippen LogP contribution in [0.5, 0.6) is 11.5 Å². The van der Waals surface area contributed by atoms with Gasteiger partial charge in [-0.05, 0) is 72.1 Å². The fourth-order valence-electron chi connectivity index (χ4n) is 3.94. The number of amides is 1. The van der Waals surface area contributed by atoms with Gasteiger partial charge in [0, 0.05) is 11.1 Å². The molecule has 0 atom stereocenters. The highest BCUT2D eigenvalue weighted by Crippen LogP contribution is 2.39. The number of nitrogens with one attached hydrogen (secondary N) is 1. The lowest BCUT2D eigenvalue weighted by Crippen LogP contribution is -2.40. The Balaban J connectivity index is 1.66. The van der Waals surface area contributed by atoms with Gasteiger partial charge in [-0.15, -0.1) is 0 Å². The molecular weight excluding hydrogens is 494 g/mol. The molecule has 4 N–H and O–H groups in total. The SMILES string of the molecule is CC(C)(Cc1ccc(-c2nc(-c3ccc(O)cc3)cnc2NC(=O)Cc2ccc(O)cc2)cc1)[Si](C)(C)O. The van der Waals surface area contributed by atoms with Gasteiger partial charge in [-0.25, -0.2) is 9.97 Å². The lowest BCUT2D eigenvalue weighted by Gasteiger charge is -2.35.